The van der Waals surface area contributed by atoms with Gasteiger partial charge in [-0.1, -0.05) is 6.42 Å². The van der Waals surface area contributed by atoms with E-state index in [0.717, 1.165) is 45.2 Å². The summed E-state index contributed by atoms with van der Waals surface area (Å²) in [7, 11) is 0. The first-order valence-electron chi connectivity index (χ1n) is 8.47. The second-order valence-corrected chi connectivity index (χ2v) is 6.50. The summed E-state index contributed by atoms with van der Waals surface area (Å²) < 4.78 is 13.0. The van der Waals surface area contributed by atoms with Crippen molar-refractivity contribution in [3.8, 4) is 0 Å². The predicted molar refractivity (Wildman–Crippen MR) is 92.9 cm³/mol. The van der Waals surface area contributed by atoms with E-state index >= 15 is 0 Å². The Kier molecular flexibility index (Phi) is 6.75. The maximum absolute atomic E-state index is 13.0. The number of carbonyl (C=O) groups is 2. The van der Waals surface area contributed by atoms with Crippen LogP contribution in [0, 0.1) is 11.7 Å². The number of rotatable bonds is 3. The van der Waals surface area contributed by atoms with Gasteiger partial charge in [-0.3, -0.25) is 9.59 Å². The average molecular weight is 355 g/mol. The van der Waals surface area contributed by atoms with Crippen LogP contribution in [0.3, 0.4) is 0 Å². The Morgan fingerprint density at radius 3 is 2.50 bits per heavy atom. The largest absolute Gasteiger partial charge is 0.341 e. The number of halogens is 2. The van der Waals surface area contributed by atoms with E-state index in [-0.39, 0.29) is 41.9 Å². The highest BCUT2D eigenvalue weighted by Gasteiger charge is 2.32. The summed E-state index contributed by atoms with van der Waals surface area (Å²) in [6.45, 7) is 2.10. The van der Waals surface area contributed by atoms with E-state index in [1.165, 1.54) is 24.3 Å². The molecule has 2 fully saturated rings. The maximum Gasteiger partial charge on any atom is 0.239 e. The lowest BCUT2D eigenvalue weighted by Gasteiger charge is -2.35. The minimum Gasteiger partial charge on any atom is -0.341 e. The lowest BCUT2D eigenvalue weighted by Crippen LogP contribution is -2.52. The third-order valence-corrected chi connectivity index (χ3v) is 4.84. The number of hydrogen-bond acceptors (Lipinski definition) is 3. The summed E-state index contributed by atoms with van der Waals surface area (Å²) in [6.07, 6.45) is 4.71. The van der Waals surface area contributed by atoms with E-state index < -0.39 is 0 Å². The third kappa shape index (κ3) is 4.33. The van der Waals surface area contributed by atoms with Crippen LogP contribution in [0.25, 0.3) is 0 Å². The number of nitrogens with one attached hydrogen (secondary N) is 1. The number of ketones is 1. The molecular formula is C18H24ClFN2O2. The van der Waals surface area contributed by atoms with Crippen molar-refractivity contribution in [3.63, 3.8) is 0 Å². The van der Waals surface area contributed by atoms with Crippen LogP contribution in [0.5, 0.6) is 0 Å². The maximum atomic E-state index is 13.0. The summed E-state index contributed by atoms with van der Waals surface area (Å²) in [5, 5.41) is 3.28. The third-order valence-electron chi connectivity index (χ3n) is 4.84. The number of hydrogen-bond donors (Lipinski definition) is 1. The molecule has 0 radical (unpaired) electrons. The summed E-state index contributed by atoms with van der Waals surface area (Å²) in [4.78, 5) is 27.0. The van der Waals surface area contributed by atoms with E-state index in [9.17, 15) is 14.0 Å². The van der Waals surface area contributed by atoms with Crippen molar-refractivity contribution in [1.29, 1.82) is 0 Å². The molecule has 1 aromatic rings. The lowest BCUT2D eigenvalue weighted by atomic mass is 9.89. The second kappa shape index (κ2) is 8.58. The van der Waals surface area contributed by atoms with Gasteiger partial charge in [0.2, 0.25) is 5.91 Å². The number of Topliss-reactive ketones (excluding diaryl/α,β-unsaturated/α-hetero) is 1. The highest BCUT2D eigenvalue weighted by atomic mass is 35.5. The van der Waals surface area contributed by atoms with E-state index in [1.807, 2.05) is 4.90 Å². The fourth-order valence-corrected chi connectivity index (χ4v) is 3.52. The van der Waals surface area contributed by atoms with Gasteiger partial charge in [-0.2, -0.15) is 0 Å². The van der Waals surface area contributed by atoms with Gasteiger partial charge in [-0.15, -0.1) is 12.4 Å². The monoisotopic (exact) mass is 354 g/mol. The van der Waals surface area contributed by atoms with Crippen molar-refractivity contribution in [2.24, 2.45) is 5.92 Å². The van der Waals surface area contributed by atoms with Crippen LogP contribution >= 0.6 is 12.4 Å². The number of carbonyl (C=O) groups excluding carboxylic acids is 2. The molecule has 132 valence electrons. The van der Waals surface area contributed by atoms with Crippen LogP contribution in [-0.4, -0.2) is 42.3 Å². The molecule has 0 saturated carbocycles. The predicted octanol–water partition coefficient (Wildman–Crippen LogP) is 2.81. The molecule has 0 bridgehead atoms. The van der Waals surface area contributed by atoms with Gasteiger partial charge in [0.25, 0.3) is 0 Å². The van der Waals surface area contributed by atoms with Crippen LogP contribution in [0.15, 0.2) is 24.3 Å². The standard InChI is InChI=1S/C18H23FN2O2.ClH/c19-15-8-6-13(7-9-15)17(22)14-4-3-11-21(12-14)18(23)16-5-1-2-10-20-16;/h6-9,14,16,20H,1-5,10-12H2;1H. The molecular weight excluding hydrogens is 331 g/mol. The van der Waals surface area contributed by atoms with Gasteiger partial charge < -0.3 is 10.2 Å². The molecule has 6 heteroatoms. The average Bonchev–Trinajstić information content (AvgIpc) is 2.62. The minimum absolute atomic E-state index is 0. The Labute approximate surface area is 148 Å². The smallest absolute Gasteiger partial charge is 0.239 e. The summed E-state index contributed by atoms with van der Waals surface area (Å²) in [6, 6.07) is 5.58. The van der Waals surface area contributed by atoms with Crippen molar-refractivity contribution in [1.82, 2.24) is 10.2 Å². The highest BCUT2D eigenvalue weighted by molar-refractivity contribution is 5.98. The summed E-state index contributed by atoms with van der Waals surface area (Å²) in [5.74, 6) is -0.382. The highest BCUT2D eigenvalue weighted by Crippen LogP contribution is 2.22. The fourth-order valence-electron chi connectivity index (χ4n) is 3.52. The van der Waals surface area contributed by atoms with Crippen LogP contribution in [0.1, 0.15) is 42.5 Å². The molecule has 1 N–H and O–H groups in total. The molecule has 0 spiro atoms. The Bertz CT molecular complexity index is 573. The number of nitrogens with zero attached hydrogens (tertiary/aromatic N) is 1. The number of likely N-dealkylation sites (tertiary alicyclic amines) is 1. The SMILES string of the molecule is Cl.O=C(c1ccc(F)cc1)C1CCCN(C(=O)C2CCCCN2)C1. The molecule has 2 aliphatic heterocycles. The number of amides is 1. The molecule has 0 aromatic heterocycles. The van der Waals surface area contributed by atoms with E-state index in [2.05, 4.69) is 5.32 Å². The zero-order valence-corrected chi connectivity index (χ0v) is 14.5. The summed E-state index contributed by atoms with van der Waals surface area (Å²) in [5.41, 5.74) is 0.529. The van der Waals surface area contributed by atoms with Gasteiger partial charge in [-0.05, 0) is 56.5 Å². The molecule has 2 unspecified atom stereocenters. The molecule has 3 rings (SSSR count). The Hall–Kier alpha value is -1.46. The molecule has 2 heterocycles. The Balaban J connectivity index is 0.00000208. The Morgan fingerprint density at radius 1 is 1.08 bits per heavy atom. The van der Waals surface area contributed by atoms with Crippen LogP contribution in [0.2, 0.25) is 0 Å². The number of benzene rings is 1. The number of piperidine rings is 2. The molecule has 4 nitrogen and oxygen atoms in total. The zero-order valence-electron chi connectivity index (χ0n) is 13.7. The van der Waals surface area contributed by atoms with Gasteiger partial charge in [0.1, 0.15) is 5.82 Å². The lowest BCUT2D eigenvalue weighted by molar-refractivity contribution is -0.135. The van der Waals surface area contributed by atoms with Crippen molar-refractivity contribution in [3.05, 3.63) is 35.6 Å². The molecule has 1 amide bonds. The van der Waals surface area contributed by atoms with Crippen LogP contribution in [-0.2, 0) is 4.79 Å². The second-order valence-electron chi connectivity index (χ2n) is 6.50. The van der Waals surface area contributed by atoms with Crippen molar-refractivity contribution >= 4 is 24.1 Å². The molecule has 2 saturated heterocycles. The zero-order chi connectivity index (χ0) is 16.2. The first kappa shape index (κ1) is 18.9. The van der Waals surface area contributed by atoms with Crippen LogP contribution < -0.4 is 5.32 Å². The fraction of sp³-hybridized carbons (Fsp3) is 0.556. The quantitative estimate of drug-likeness (QED) is 0.849. The van der Waals surface area contributed by atoms with Crippen LogP contribution in [0.4, 0.5) is 4.39 Å². The molecule has 2 aliphatic rings. The normalized spacial score (nSPS) is 24.1. The van der Waals surface area contributed by atoms with Gasteiger partial charge in [0, 0.05) is 24.6 Å². The summed E-state index contributed by atoms with van der Waals surface area (Å²) >= 11 is 0. The molecule has 24 heavy (non-hydrogen) atoms. The Morgan fingerprint density at radius 2 is 1.83 bits per heavy atom. The molecule has 1 aromatic carbocycles. The van der Waals surface area contributed by atoms with Crippen molar-refractivity contribution < 1.29 is 14.0 Å². The van der Waals surface area contributed by atoms with Crippen molar-refractivity contribution in [2.45, 2.75) is 38.1 Å². The first-order chi connectivity index (χ1) is 11.1. The minimum atomic E-state index is -0.342. The van der Waals surface area contributed by atoms with Gasteiger partial charge in [0.15, 0.2) is 5.78 Å². The van der Waals surface area contributed by atoms with E-state index in [4.69, 9.17) is 0 Å². The first-order valence-corrected chi connectivity index (χ1v) is 8.47. The molecule has 0 aliphatic carbocycles. The van der Waals surface area contributed by atoms with Crippen molar-refractivity contribution in [2.75, 3.05) is 19.6 Å². The van der Waals surface area contributed by atoms with Gasteiger partial charge >= 0.3 is 0 Å². The molecule has 2 atom stereocenters. The van der Waals surface area contributed by atoms with E-state index in [1.54, 1.807) is 0 Å². The van der Waals surface area contributed by atoms with Gasteiger partial charge in [0.05, 0.1) is 6.04 Å². The van der Waals surface area contributed by atoms with E-state index in [0.29, 0.717) is 12.1 Å². The topological polar surface area (TPSA) is 49.4 Å². The van der Waals surface area contributed by atoms with Gasteiger partial charge in [-0.25, -0.2) is 4.39 Å².